The standard InChI is InChI=1S/C31H29N5O/c1-20-17-27-32-19-28(37)36(27)21(2)29(20)31-34-26-16-10-9-15-24(26)30(35-31)33-18-25(22-11-5-3-6-12-22)23-13-7-4-8-14-23/h3-17,25,28,37H,18-19H2,1-2H3,(H,33,34,35). The number of anilines is 1. The first kappa shape index (κ1) is 23.1. The fourth-order valence-corrected chi connectivity index (χ4v) is 5.33. The van der Waals surface area contributed by atoms with E-state index < -0.39 is 6.23 Å². The zero-order valence-corrected chi connectivity index (χ0v) is 21.0. The van der Waals surface area contributed by atoms with Crippen LogP contribution in [0.5, 0.6) is 0 Å². The molecule has 1 unspecified atom stereocenters. The predicted molar refractivity (Wildman–Crippen MR) is 149 cm³/mol. The molecule has 6 heteroatoms. The van der Waals surface area contributed by atoms with Gasteiger partial charge in [-0.25, -0.2) is 9.97 Å². The number of hydrogen-bond donors (Lipinski definition) is 2. The lowest BCUT2D eigenvalue weighted by Crippen LogP contribution is -2.36. The van der Waals surface area contributed by atoms with E-state index in [4.69, 9.17) is 9.97 Å². The van der Waals surface area contributed by atoms with Crippen LogP contribution in [0, 0.1) is 0 Å². The number of aliphatic imine (C=N–C) groups is 1. The Balaban J connectivity index is 1.41. The molecule has 2 N–H and O–H groups in total. The van der Waals surface area contributed by atoms with Crippen LogP contribution >= 0.6 is 0 Å². The maximum atomic E-state index is 10.5. The minimum atomic E-state index is -0.662. The van der Waals surface area contributed by atoms with Crippen LogP contribution in [0.3, 0.4) is 0 Å². The summed E-state index contributed by atoms with van der Waals surface area (Å²) in [5.41, 5.74) is 6.25. The van der Waals surface area contributed by atoms with E-state index in [9.17, 15) is 5.11 Å². The fourth-order valence-electron chi connectivity index (χ4n) is 5.33. The minimum absolute atomic E-state index is 0.162. The summed E-state index contributed by atoms with van der Waals surface area (Å²) >= 11 is 0. The number of fused-ring (bicyclic) bond motifs is 2. The minimum Gasteiger partial charge on any atom is -0.371 e. The van der Waals surface area contributed by atoms with E-state index in [0.717, 1.165) is 39.4 Å². The Morgan fingerprint density at radius 3 is 2.24 bits per heavy atom. The third-order valence-corrected chi connectivity index (χ3v) is 7.13. The van der Waals surface area contributed by atoms with Gasteiger partial charge in [-0.15, -0.1) is 0 Å². The topological polar surface area (TPSA) is 73.6 Å². The molecule has 0 aliphatic carbocycles. The van der Waals surface area contributed by atoms with Crippen LogP contribution in [0.15, 0.2) is 107 Å². The van der Waals surface area contributed by atoms with Gasteiger partial charge < -0.3 is 15.3 Å². The lowest BCUT2D eigenvalue weighted by atomic mass is 9.91. The van der Waals surface area contributed by atoms with Crippen LogP contribution in [0.4, 0.5) is 5.82 Å². The molecule has 37 heavy (non-hydrogen) atoms. The first-order valence-electron chi connectivity index (χ1n) is 12.6. The molecule has 3 aromatic carbocycles. The van der Waals surface area contributed by atoms with Gasteiger partial charge in [0.15, 0.2) is 12.1 Å². The molecule has 0 saturated heterocycles. The normalized spacial score (nSPS) is 17.2. The van der Waals surface area contributed by atoms with Crippen molar-refractivity contribution >= 4 is 28.1 Å². The molecule has 3 heterocycles. The number of nitrogens with one attached hydrogen (secondary N) is 1. The van der Waals surface area contributed by atoms with Gasteiger partial charge in [0.25, 0.3) is 0 Å². The molecule has 1 atom stereocenters. The molecule has 0 amide bonds. The summed E-state index contributed by atoms with van der Waals surface area (Å²) in [4.78, 5) is 16.3. The van der Waals surface area contributed by atoms with Crippen LogP contribution in [0.1, 0.15) is 36.7 Å². The van der Waals surface area contributed by atoms with E-state index in [-0.39, 0.29) is 5.92 Å². The highest BCUT2D eigenvalue weighted by atomic mass is 16.3. The van der Waals surface area contributed by atoms with Crippen molar-refractivity contribution in [1.29, 1.82) is 0 Å². The Morgan fingerprint density at radius 2 is 1.54 bits per heavy atom. The first-order chi connectivity index (χ1) is 18.1. The maximum absolute atomic E-state index is 10.5. The molecule has 6 nitrogen and oxygen atoms in total. The largest absolute Gasteiger partial charge is 0.371 e. The molecule has 6 rings (SSSR count). The number of hydrogen-bond acceptors (Lipinski definition) is 6. The summed E-state index contributed by atoms with van der Waals surface area (Å²) < 4.78 is 0. The lowest BCUT2D eigenvalue weighted by Gasteiger charge is -2.30. The Labute approximate surface area is 216 Å². The monoisotopic (exact) mass is 487 g/mol. The zero-order valence-electron chi connectivity index (χ0n) is 21.0. The van der Waals surface area contributed by atoms with Crippen LogP contribution in [0.2, 0.25) is 0 Å². The number of aromatic nitrogens is 2. The number of rotatable bonds is 6. The van der Waals surface area contributed by atoms with Gasteiger partial charge >= 0.3 is 0 Å². The molecular formula is C31H29N5O. The summed E-state index contributed by atoms with van der Waals surface area (Å²) in [7, 11) is 0. The van der Waals surface area contributed by atoms with Crippen molar-refractivity contribution in [3.8, 4) is 0 Å². The van der Waals surface area contributed by atoms with Crippen LogP contribution < -0.4 is 5.32 Å². The first-order valence-corrected chi connectivity index (χ1v) is 12.6. The van der Waals surface area contributed by atoms with E-state index >= 15 is 0 Å². The molecule has 0 spiro atoms. The number of nitrogens with zero attached hydrogens (tertiary/aromatic N) is 4. The van der Waals surface area contributed by atoms with Crippen molar-refractivity contribution < 1.29 is 5.11 Å². The second kappa shape index (κ2) is 9.64. The van der Waals surface area contributed by atoms with E-state index in [1.807, 2.05) is 48.2 Å². The van der Waals surface area contributed by atoms with Crippen molar-refractivity contribution in [1.82, 2.24) is 14.9 Å². The maximum Gasteiger partial charge on any atom is 0.164 e. The van der Waals surface area contributed by atoms with Gasteiger partial charge in [0.2, 0.25) is 0 Å². The molecular weight excluding hydrogens is 458 g/mol. The van der Waals surface area contributed by atoms with Crippen molar-refractivity contribution in [3.05, 3.63) is 119 Å². The molecule has 0 saturated carbocycles. The number of allylic oxidation sites excluding steroid dienone is 3. The summed E-state index contributed by atoms with van der Waals surface area (Å²) in [6.07, 6.45) is 1.34. The number of para-hydroxylation sites is 1. The Kier molecular flexibility index (Phi) is 6.02. The summed E-state index contributed by atoms with van der Waals surface area (Å²) in [6, 6.07) is 29.2. The summed E-state index contributed by atoms with van der Waals surface area (Å²) in [6.45, 7) is 5.11. The van der Waals surface area contributed by atoms with Crippen LogP contribution in [0.25, 0.3) is 16.5 Å². The molecule has 4 aromatic rings. The van der Waals surface area contributed by atoms with E-state index in [0.29, 0.717) is 18.9 Å². The van der Waals surface area contributed by atoms with Crippen molar-refractivity contribution in [3.63, 3.8) is 0 Å². The highest BCUT2D eigenvalue weighted by molar-refractivity contribution is 6.03. The quantitative estimate of drug-likeness (QED) is 0.371. The van der Waals surface area contributed by atoms with Crippen molar-refractivity contribution in [2.75, 3.05) is 18.4 Å². The number of benzene rings is 3. The van der Waals surface area contributed by atoms with Gasteiger partial charge in [0.1, 0.15) is 11.7 Å². The molecule has 1 aromatic heterocycles. The van der Waals surface area contributed by atoms with E-state index in [2.05, 4.69) is 71.8 Å². The van der Waals surface area contributed by atoms with Crippen molar-refractivity contribution in [2.24, 2.45) is 4.99 Å². The van der Waals surface area contributed by atoms with Gasteiger partial charge in [-0.05, 0) is 48.8 Å². The third kappa shape index (κ3) is 4.30. The van der Waals surface area contributed by atoms with E-state index in [1.54, 1.807) is 0 Å². The van der Waals surface area contributed by atoms with Crippen molar-refractivity contribution in [2.45, 2.75) is 26.0 Å². The fraction of sp³-hybridized carbons (Fsp3) is 0.194. The van der Waals surface area contributed by atoms with Gasteiger partial charge in [-0.1, -0.05) is 72.8 Å². The molecule has 0 radical (unpaired) electrons. The zero-order chi connectivity index (χ0) is 25.4. The van der Waals surface area contributed by atoms with Crippen LogP contribution in [-0.4, -0.2) is 45.1 Å². The molecule has 184 valence electrons. The number of amidine groups is 1. The molecule has 0 bridgehead atoms. The smallest absolute Gasteiger partial charge is 0.164 e. The summed E-state index contributed by atoms with van der Waals surface area (Å²) in [5.74, 6) is 2.39. The van der Waals surface area contributed by atoms with Gasteiger partial charge in [0, 0.05) is 29.1 Å². The highest BCUT2D eigenvalue weighted by Gasteiger charge is 2.32. The number of aliphatic hydroxyl groups is 1. The third-order valence-electron chi connectivity index (χ3n) is 7.13. The molecule has 0 fully saturated rings. The summed E-state index contributed by atoms with van der Waals surface area (Å²) in [5, 5.41) is 15.2. The predicted octanol–water partition coefficient (Wildman–Crippen LogP) is 5.60. The average molecular weight is 488 g/mol. The second-order valence-electron chi connectivity index (χ2n) is 9.51. The number of aliphatic hydroxyl groups excluding tert-OH is 1. The molecule has 2 aliphatic rings. The Morgan fingerprint density at radius 1 is 0.892 bits per heavy atom. The second-order valence-corrected chi connectivity index (χ2v) is 9.51. The Hall–Kier alpha value is -4.29. The van der Waals surface area contributed by atoms with Gasteiger partial charge in [0.05, 0.1) is 12.1 Å². The Bertz CT molecular complexity index is 1500. The van der Waals surface area contributed by atoms with Gasteiger partial charge in [-0.3, -0.25) is 4.99 Å². The SMILES string of the molecule is CC1=CC2=NCC(O)N2C(C)=C1c1nc(NCC(c2ccccc2)c2ccccc2)c2ccccc2n1. The van der Waals surface area contributed by atoms with Gasteiger partial charge in [-0.2, -0.15) is 0 Å². The van der Waals surface area contributed by atoms with Crippen LogP contribution in [-0.2, 0) is 0 Å². The highest BCUT2D eigenvalue weighted by Crippen LogP contribution is 2.35. The molecule has 2 aliphatic heterocycles. The average Bonchev–Trinajstić information content (AvgIpc) is 3.30. The van der Waals surface area contributed by atoms with E-state index in [1.165, 1.54) is 11.1 Å². The lowest BCUT2D eigenvalue weighted by molar-refractivity contribution is 0.0969.